The predicted octanol–water partition coefficient (Wildman–Crippen LogP) is 5.51. The molecule has 1 N–H and O–H groups in total. The number of hydrogen-bond acceptors (Lipinski definition) is 2. The molecule has 0 aromatic heterocycles. The van der Waals surface area contributed by atoms with Crippen LogP contribution in [0.25, 0.3) is 0 Å². The molecule has 1 fully saturated rings. The number of nitrogens with one attached hydrogen (secondary N) is 1. The summed E-state index contributed by atoms with van der Waals surface area (Å²) >= 11 is 0. The first kappa shape index (κ1) is 20.5. The van der Waals surface area contributed by atoms with Crippen LogP contribution in [0.5, 0.6) is 5.75 Å². The average molecular weight is 405 g/mol. The van der Waals surface area contributed by atoms with Gasteiger partial charge >= 0.3 is 6.03 Å². The van der Waals surface area contributed by atoms with Gasteiger partial charge in [0.25, 0.3) is 0 Å². The number of urea groups is 1. The molecule has 4 heteroatoms. The van der Waals surface area contributed by atoms with Crippen LogP contribution in [-0.4, -0.2) is 31.1 Å². The van der Waals surface area contributed by atoms with Crippen molar-refractivity contribution in [1.82, 2.24) is 10.2 Å². The Bertz CT molecular complexity index is 878. The molecule has 1 aliphatic heterocycles. The van der Waals surface area contributed by atoms with E-state index in [9.17, 15) is 4.79 Å². The molecular weight excluding hydrogens is 372 g/mol. The number of rotatable bonds is 5. The second-order valence-corrected chi connectivity index (χ2v) is 8.40. The average Bonchev–Trinajstić information content (AvgIpc) is 3.16. The number of para-hydroxylation sites is 1. The van der Waals surface area contributed by atoms with Gasteiger partial charge < -0.3 is 15.0 Å². The Morgan fingerprint density at radius 1 is 1.03 bits per heavy atom. The maximum atomic E-state index is 12.7. The summed E-state index contributed by atoms with van der Waals surface area (Å²) in [5.74, 6) is 1.98. The quantitative estimate of drug-likeness (QED) is 0.668. The number of carbonyl (C=O) groups is 1. The van der Waals surface area contributed by atoms with E-state index < -0.39 is 0 Å². The normalized spacial score (nSPS) is 21.6. The number of carbonyl (C=O) groups excluding carboxylic acids is 1. The fourth-order valence-electron chi connectivity index (χ4n) is 4.87. The van der Waals surface area contributed by atoms with Gasteiger partial charge in [0.05, 0.1) is 7.11 Å². The van der Waals surface area contributed by atoms with Gasteiger partial charge in [-0.05, 0) is 55.6 Å². The molecule has 2 atom stereocenters. The second-order valence-electron chi connectivity index (χ2n) is 8.40. The van der Waals surface area contributed by atoms with Crippen molar-refractivity contribution in [3.05, 3.63) is 77.4 Å². The van der Waals surface area contributed by atoms with Gasteiger partial charge in [-0.1, -0.05) is 60.2 Å². The zero-order valence-electron chi connectivity index (χ0n) is 17.8. The molecule has 0 saturated carbocycles. The smallest absolute Gasteiger partial charge is 0.317 e. The summed E-state index contributed by atoms with van der Waals surface area (Å²) in [6.45, 7) is 2.16. The molecule has 30 heavy (non-hydrogen) atoms. The van der Waals surface area contributed by atoms with Gasteiger partial charge in [-0.25, -0.2) is 4.79 Å². The number of allylic oxidation sites excluding steroid dienone is 1. The van der Waals surface area contributed by atoms with Crippen LogP contribution in [0, 0.1) is 5.92 Å². The van der Waals surface area contributed by atoms with Crippen molar-refractivity contribution >= 4 is 6.03 Å². The van der Waals surface area contributed by atoms with Gasteiger partial charge in [0, 0.05) is 25.2 Å². The second kappa shape index (κ2) is 9.84. The van der Waals surface area contributed by atoms with E-state index in [-0.39, 0.29) is 6.03 Å². The van der Waals surface area contributed by atoms with Crippen LogP contribution in [0.1, 0.15) is 49.1 Å². The molecule has 0 bridgehead atoms. The maximum absolute atomic E-state index is 12.7. The monoisotopic (exact) mass is 404 g/mol. The maximum Gasteiger partial charge on any atom is 0.317 e. The van der Waals surface area contributed by atoms with Crippen molar-refractivity contribution in [2.24, 2.45) is 5.92 Å². The highest BCUT2D eigenvalue weighted by molar-refractivity contribution is 5.74. The molecule has 4 rings (SSSR count). The number of hydrogen-bond donors (Lipinski definition) is 1. The minimum Gasteiger partial charge on any atom is -0.496 e. The Balaban J connectivity index is 1.28. The number of amides is 2. The highest BCUT2D eigenvalue weighted by Crippen LogP contribution is 2.36. The molecule has 2 unspecified atom stereocenters. The fourth-order valence-corrected chi connectivity index (χ4v) is 4.87. The summed E-state index contributed by atoms with van der Waals surface area (Å²) in [4.78, 5) is 14.7. The van der Waals surface area contributed by atoms with Crippen molar-refractivity contribution in [2.75, 3.05) is 20.2 Å². The molecule has 1 saturated heterocycles. The minimum absolute atomic E-state index is 0.0276. The topological polar surface area (TPSA) is 41.6 Å². The van der Waals surface area contributed by atoms with Gasteiger partial charge in [0.15, 0.2) is 0 Å². The molecule has 2 aromatic rings. The van der Waals surface area contributed by atoms with Crippen molar-refractivity contribution in [2.45, 2.75) is 44.6 Å². The van der Waals surface area contributed by atoms with E-state index in [0.29, 0.717) is 18.4 Å². The van der Waals surface area contributed by atoms with E-state index in [1.165, 1.54) is 18.4 Å². The first-order valence-corrected chi connectivity index (χ1v) is 11.1. The van der Waals surface area contributed by atoms with E-state index >= 15 is 0 Å². The van der Waals surface area contributed by atoms with Gasteiger partial charge in [-0.15, -0.1) is 0 Å². The summed E-state index contributed by atoms with van der Waals surface area (Å²) in [6, 6.07) is 18.8. The van der Waals surface area contributed by atoms with Crippen LogP contribution in [-0.2, 0) is 6.54 Å². The molecule has 158 valence electrons. The Labute approximate surface area is 179 Å². The van der Waals surface area contributed by atoms with Crippen molar-refractivity contribution in [1.29, 1.82) is 0 Å². The van der Waals surface area contributed by atoms with Crippen LogP contribution in [0.2, 0.25) is 0 Å². The first-order valence-electron chi connectivity index (χ1n) is 11.1. The van der Waals surface area contributed by atoms with Crippen molar-refractivity contribution in [3.8, 4) is 5.75 Å². The number of benzene rings is 2. The fraction of sp³-hybridized carbons (Fsp3) is 0.423. The molecule has 2 aromatic carbocycles. The first-order chi connectivity index (χ1) is 14.7. The van der Waals surface area contributed by atoms with E-state index in [1.54, 1.807) is 12.7 Å². The van der Waals surface area contributed by atoms with E-state index in [1.807, 2.05) is 29.2 Å². The lowest BCUT2D eigenvalue weighted by atomic mass is 9.89. The lowest BCUT2D eigenvalue weighted by Crippen LogP contribution is -2.38. The standard InChI is InChI=1S/C26H32N2O2/c1-30-25-13-6-5-10-23(25)18-27-26(29)28-17-16-24(19-28)22-12-7-11-21(14-15-22)20-8-3-2-4-9-20/h2-6,8-10,12-13,21,24H,7,11,14-19H2,1H3,(H,27,29). The van der Waals surface area contributed by atoms with E-state index in [0.717, 1.165) is 43.7 Å². The third kappa shape index (κ3) is 4.86. The van der Waals surface area contributed by atoms with E-state index in [2.05, 4.69) is 41.7 Å². The molecule has 4 nitrogen and oxygen atoms in total. The molecule has 0 radical (unpaired) electrons. The molecule has 1 aliphatic carbocycles. The van der Waals surface area contributed by atoms with Gasteiger partial charge in [-0.2, -0.15) is 0 Å². The Kier molecular flexibility index (Phi) is 6.73. The van der Waals surface area contributed by atoms with Crippen molar-refractivity contribution in [3.63, 3.8) is 0 Å². The third-order valence-corrected chi connectivity index (χ3v) is 6.60. The molecule has 2 amide bonds. The van der Waals surface area contributed by atoms with Gasteiger partial charge in [0.2, 0.25) is 0 Å². The molecular formula is C26H32N2O2. The van der Waals surface area contributed by atoms with Gasteiger partial charge in [0.1, 0.15) is 5.75 Å². The molecule has 2 aliphatic rings. The van der Waals surface area contributed by atoms with Crippen LogP contribution in [0.4, 0.5) is 4.79 Å². The predicted molar refractivity (Wildman–Crippen MR) is 121 cm³/mol. The number of likely N-dealkylation sites (tertiary alicyclic amines) is 1. The van der Waals surface area contributed by atoms with Crippen LogP contribution in [0.15, 0.2) is 66.2 Å². The van der Waals surface area contributed by atoms with Crippen LogP contribution in [0.3, 0.4) is 0 Å². The van der Waals surface area contributed by atoms with E-state index in [4.69, 9.17) is 4.74 Å². The Hall–Kier alpha value is -2.75. The summed E-state index contributed by atoms with van der Waals surface area (Å²) in [6.07, 6.45) is 8.27. The van der Waals surface area contributed by atoms with Crippen molar-refractivity contribution < 1.29 is 9.53 Å². The van der Waals surface area contributed by atoms with Gasteiger partial charge in [-0.3, -0.25) is 0 Å². The lowest BCUT2D eigenvalue weighted by Gasteiger charge is -2.19. The highest BCUT2D eigenvalue weighted by atomic mass is 16.5. The molecule has 0 spiro atoms. The summed E-state index contributed by atoms with van der Waals surface area (Å²) in [5.41, 5.74) is 4.03. The zero-order chi connectivity index (χ0) is 20.8. The number of methoxy groups -OCH3 is 1. The molecule has 1 heterocycles. The zero-order valence-corrected chi connectivity index (χ0v) is 17.8. The highest BCUT2D eigenvalue weighted by Gasteiger charge is 2.29. The summed E-state index contributed by atoms with van der Waals surface area (Å²) < 4.78 is 5.38. The number of nitrogens with zero attached hydrogens (tertiary/aromatic N) is 1. The summed E-state index contributed by atoms with van der Waals surface area (Å²) in [5, 5.41) is 3.07. The number of ether oxygens (including phenoxy) is 1. The lowest BCUT2D eigenvalue weighted by molar-refractivity contribution is 0.207. The summed E-state index contributed by atoms with van der Waals surface area (Å²) in [7, 11) is 1.66. The SMILES string of the molecule is COc1ccccc1CNC(=O)N1CCC(C2=CCCC(c3ccccc3)CC2)C1. The largest absolute Gasteiger partial charge is 0.496 e. The minimum atomic E-state index is 0.0276. The van der Waals surface area contributed by atoms with Crippen LogP contribution >= 0.6 is 0 Å². The van der Waals surface area contributed by atoms with Crippen LogP contribution < -0.4 is 10.1 Å². The Morgan fingerprint density at radius 3 is 2.67 bits per heavy atom. The Morgan fingerprint density at radius 2 is 1.83 bits per heavy atom. The third-order valence-electron chi connectivity index (χ3n) is 6.60.